The van der Waals surface area contributed by atoms with Gasteiger partial charge in [0.25, 0.3) is 47.3 Å². The number of hydrazine groups is 2. The molecule has 0 N–H and O–H groups in total. The molecule has 5 aromatic carbocycles. The second kappa shape index (κ2) is 12.1. The van der Waals surface area contributed by atoms with Crippen molar-refractivity contribution in [1.29, 1.82) is 0 Å². The maximum absolute atomic E-state index is 13.3. The second-order valence-corrected chi connectivity index (χ2v) is 12.6. The molecule has 0 atom stereocenters. The van der Waals surface area contributed by atoms with Crippen LogP contribution in [0.4, 0.5) is 0 Å². The number of fused-ring (bicyclic) bond motifs is 4. The second-order valence-electron chi connectivity index (χ2n) is 12.6. The maximum atomic E-state index is 13.3. The maximum Gasteiger partial charge on any atom is 0.343 e. The Labute approximate surface area is 312 Å². The van der Waals surface area contributed by atoms with E-state index >= 15 is 0 Å². The fourth-order valence-corrected chi connectivity index (χ4v) is 6.70. The highest BCUT2D eigenvalue weighted by Crippen LogP contribution is 2.33. The molecule has 0 unspecified atom stereocenters. The summed E-state index contributed by atoms with van der Waals surface area (Å²) in [6.45, 7) is 0. The van der Waals surface area contributed by atoms with Crippen LogP contribution in [0.25, 0.3) is 0 Å². The van der Waals surface area contributed by atoms with Crippen molar-refractivity contribution in [3.05, 3.63) is 165 Å². The highest BCUT2D eigenvalue weighted by atomic mass is 16.5. The molecule has 0 bridgehead atoms. The van der Waals surface area contributed by atoms with Gasteiger partial charge in [0.1, 0.15) is 11.5 Å². The Hall–Kier alpha value is -8.40. The van der Waals surface area contributed by atoms with Crippen molar-refractivity contribution in [2.24, 2.45) is 0 Å². The number of carbonyl (C=O) groups is 10. The third-order valence-electron chi connectivity index (χ3n) is 9.39. The van der Waals surface area contributed by atoms with E-state index in [1.54, 1.807) is 0 Å². The molecule has 0 saturated heterocycles. The quantitative estimate of drug-likeness (QED) is 0.139. The van der Waals surface area contributed by atoms with E-state index in [2.05, 4.69) is 0 Å². The standard InChI is InChI=1S/C40H18N4O12/c45-31-23-5-1-2-6-24(23)32(46)41(31)43-35(49)27-15-9-19(17-29(27)37(43)51)39(53)55-21-11-13-22(14-12-21)56-40(54)20-10-16-28-30(18-20)38(52)44(36(28)50)42-33(47)25-7-3-4-8-26(25)34(42)48/h1-18H. The topological polar surface area (TPSA) is 202 Å². The average Bonchev–Trinajstić information content (AvgIpc) is 3.80. The number of amides is 8. The summed E-state index contributed by atoms with van der Waals surface area (Å²) in [7, 11) is 0. The predicted octanol–water partition coefficient (Wildman–Crippen LogP) is 3.74. The molecule has 0 aromatic heterocycles. The van der Waals surface area contributed by atoms with Crippen molar-refractivity contribution in [1.82, 2.24) is 20.0 Å². The molecule has 4 aliphatic heterocycles. The van der Waals surface area contributed by atoms with E-state index in [0.717, 1.165) is 12.1 Å². The highest BCUT2D eigenvalue weighted by Gasteiger charge is 2.50. The first-order valence-corrected chi connectivity index (χ1v) is 16.5. The van der Waals surface area contributed by atoms with Crippen molar-refractivity contribution >= 4 is 59.2 Å². The Bertz CT molecular complexity index is 2520. The van der Waals surface area contributed by atoms with Gasteiger partial charge >= 0.3 is 11.9 Å². The monoisotopic (exact) mass is 746 g/mol. The summed E-state index contributed by atoms with van der Waals surface area (Å²) in [6.07, 6.45) is 0. The van der Waals surface area contributed by atoms with E-state index in [9.17, 15) is 47.9 Å². The van der Waals surface area contributed by atoms with E-state index in [0.29, 0.717) is 20.0 Å². The number of ether oxygens (including phenoxy) is 2. The minimum Gasteiger partial charge on any atom is -0.423 e. The normalized spacial score (nSPS) is 15.4. The molecule has 8 amide bonds. The number of imide groups is 4. The Kier molecular flexibility index (Phi) is 7.21. The summed E-state index contributed by atoms with van der Waals surface area (Å²) in [5.41, 5.74) is -0.831. The lowest BCUT2D eigenvalue weighted by Gasteiger charge is -2.23. The van der Waals surface area contributed by atoms with Gasteiger partial charge in [-0.3, -0.25) is 38.4 Å². The highest BCUT2D eigenvalue weighted by molar-refractivity contribution is 6.29. The van der Waals surface area contributed by atoms with Gasteiger partial charge < -0.3 is 9.47 Å². The van der Waals surface area contributed by atoms with E-state index < -0.39 is 59.2 Å². The molecule has 0 radical (unpaired) electrons. The van der Waals surface area contributed by atoms with Crippen LogP contribution in [0.2, 0.25) is 0 Å². The van der Waals surface area contributed by atoms with E-state index in [-0.39, 0.29) is 67.1 Å². The molecule has 5 aromatic rings. The molecule has 4 heterocycles. The van der Waals surface area contributed by atoms with Gasteiger partial charge in [-0.25, -0.2) is 9.59 Å². The summed E-state index contributed by atoms with van der Waals surface area (Å²) in [5.74, 6) is -9.06. The van der Waals surface area contributed by atoms with Gasteiger partial charge in [-0.15, -0.1) is 0 Å². The smallest absolute Gasteiger partial charge is 0.343 e. The zero-order valence-corrected chi connectivity index (χ0v) is 28.1. The van der Waals surface area contributed by atoms with Crippen molar-refractivity contribution in [3.8, 4) is 11.5 Å². The van der Waals surface area contributed by atoms with Crippen molar-refractivity contribution in [2.75, 3.05) is 0 Å². The van der Waals surface area contributed by atoms with Crippen LogP contribution in [-0.4, -0.2) is 79.2 Å². The molecular weight excluding hydrogens is 728 g/mol. The number of carbonyl (C=O) groups excluding carboxylic acids is 10. The van der Waals surface area contributed by atoms with Crippen LogP contribution < -0.4 is 9.47 Å². The third-order valence-corrected chi connectivity index (χ3v) is 9.39. The summed E-state index contributed by atoms with van der Waals surface area (Å²) < 4.78 is 10.8. The van der Waals surface area contributed by atoms with Crippen molar-refractivity contribution in [2.45, 2.75) is 0 Å². The van der Waals surface area contributed by atoms with Gasteiger partial charge in [0.05, 0.1) is 55.6 Å². The Morgan fingerprint density at radius 1 is 0.321 bits per heavy atom. The average molecular weight is 747 g/mol. The van der Waals surface area contributed by atoms with Gasteiger partial charge in [-0.05, 0) is 84.9 Å². The van der Waals surface area contributed by atoms with Gasteiger partial charge in [0, 0.05) is 0 Å². The number of benzene rings is 5. The molecule has 270 valence electrons. The van der Waals surface area contributed by atoms with Crippen LogP contribution in [0.15, 0.2) is 109 Å². The lowest BCUT2D eigenvalue weighted by atomic mass is 10.1. The predicted molar refractivity (Wildman–Crippen MR) is 184 cm³/mol. The molecule has 16 heteroatoms. The van der Waals surface area contributed by atoms with Crippen LogP contribution in [0.1, 0.15) is 104 Å². The van der Waals surface area contributed by atoms with Gasteiger partial charge in [-0.1, -0.05) is 24.3 Å². The zero-order chi connectivity index (χ0) is 39.2. The van der Waals surface area contributed by atoms with Crippen molar-refractivity contribution < 1.29 is 57.4 Å². The largest absolute Gasteiger partial charge is 0.423 e. The Morgan fingerprint density at radius 3 is 0.857 bits per heavy atom. The fourth-order valence-electron chi connectivity index (χ4n) is 6.70. The van der Waals surface area contributed by atoms with Gasteiger partial charge in [-0.2, -0.15) is 20.0 Å². The minimum atomic E-state index is -0.986. The lowest BCUT2D eigenvalue weighted by Crippen LogP contribution is -2.49. The molecule has 56 heavy (non-hydrogen) atoms. The van der Waals surface area contributed by atoms with Gasteiger partial charge in [0.15, 0.2) is 0 Å². The summed E-state index contributed by atoms with van der Waals surface area (Å²) in [6, 6.07) is 24.1. The first kappa shape index (κ1) is 33.4. The van der Waals surface area contributed by atoms with Crippen LogP contribution in [-0.2, 0) is 0 Å². The minimum absolute atomic E-state index is 0.000223. The molecule has 9 rings (SSSR count). The molecule has 16 nitrogen and oxygen atoms in total. The summed E-state index contributed by atoms with van der Waals surface area (Å²) >= 11 is 0. The van der Waals surface area contributed by atoms with Crippen LogP contribution in [0.3, 0.4) is 0 Å². The Morgan fingerprint density at radius 2 is 0.571 bits per heavy atom. The SMILES string of the molecule is O=C(Oc1ccc(OC(=O)c2ccc3c(c2)C(=O)N(N2C(=O)c4ccccc4C2=O)C3=O)cc1)c1ccc2c(c1)C(=O)N(N1C(=O)c3ccccc3C1=O)C2=O. The van der Waals surface area contributed by atoms with E-state index in [1.807, 2.05) is 0 Å². The fraction of sp³-hybridized carbons (Fsp3) is 0. The molecule has 0 aliphatic carbocycles. The molecule has 0 saturated carbocycles. The molecule has 4 aliphatic rings. The zero-order valence-electron chi connectivity index (χ0n) is 28.1. The van der Waals surface area contributed by atoms with Crippen LogP contribution >= 0.6 is 0 Å². The van der Waals surface area contributed by atoms with Crippen LogP contribution in [0.5, 0.6) is 11.5 Å². The number of hydrogen-bond acceptors (Lipinski definition) is 12. The first-order valence-electron chi connectivity index (χ1n) is 16.5. The summed E-state index contributed by atoms with van der Waals surface area (Å²) in [4.78, 5) is 131. The van der Waals surface area contributed by atoms with Crippen molar-refractivity contribution in [3.63, 3.8) is 0 Å². The lowest BCUT2D eigenvalue weighted by molar-refractivity contribution is 0.00845. The third kappa shape index (κ3) is 4.79. The first-order chi connectivity index (χ1) is 26.9. The van der Waals surface area contributed by atoms with Gasteiger partial charge in [0.2, 0.25) is 0 Å². The number of rotatable bonds is 6. The van der Waals surface area contributed by atoms with E-state index in [1.165, 1.54) is 97.1 Å². The summed E-state index contributed by atoms with van der Waals surface area (Å²) in [5, 5.41) is 1.83. The molecular formula is C40H18N4O12. The Balaban J connectivity index is 0.860. The molecule has 0 spiro atoms. The van der Waals surface area contributed by atoms with Crippen LogP contribution in [0, 0.1) is 0 Å². The number of nitrogens with zero attached hydrogens (tertiary/aromatic N) is 4. The molecule has 0 fully saturated rings. The van der Waals surface area contributed by atoms with E-state index in [4.69, 9.17) is 9.47 Å². The number of hydrogen-bond donors (Lipinski definition) is 0. The number of esters is 2.